The second kappa shape index (κ2) is 7.93. The van der Waals surface area contributed by atoms with E-state index in [1.54, 1.807) is 6.07 Å². The fraction of sp³-hybridized carbons (Fsp3) is 0.333. The predicted octanol–water partition coefficient (Wildman–Crippen LogP) is 2.99. The molecular formula is C15H17ClN2O3. The van der Waals surface area contributed by atoms with Gasteiger partial charge in [0.2, 0.25) is 5.88 Å². The number of hydrogen-bond donors (Lipinski definition) is 1. The van der Waals surface area contributed by atoms with E-state index in [0.717, 1.165) is 5.56 Å². The molecule has 1 aromatic heterocycles. The van der Waals surface area contributed by atoms with E-state index in [4.69, 9.17) is 26.2 Å². The first-order valence-corrected chi connectivity index (χ1v) is 7.08. The summed E-state index contributed by atoms with van der Waals surface area (Å²) in [5.74, 6) is 1.47. The highest BCUT2D eigenvalue weighted by Crippen LogP contribution is 2.25. The van der Waals surface area contributed by atoms with Crippen molar-refractivity contribution >= 4 is 11.6 Å². The summed E-state index contributed by atoms with van der Waals surface area (Å²) in [5, 5.41) is 9.38. The highest BCUT2D eigenvalue weighted by molar-refractivity contribution is 6.29. The molecule has 0 amide bonds. The van der Waals surface area contributed by atoms with Crippen LogP contribution in [0.4, 0.5) is 0 Å². The standard InChI is InChI=1S/C15H17ClN2O3/c1-2-20-10-14-17-13(16)9-15(18-14)21-12-6-4-3-5-11(12)7-8-19/h3-6,9,19H,2,7-8,10H2,1H3. The Morgan fingerprint density at radius 1 is 1.24 bits per heavy atom. The molecule has 5 nitrogen and oxygen atoms in total. The molecule has 0 bridgehead atoms. The topological polar surface area (TPSA) is 64.5 Å². The molecular weight excluding hydrogens is 292 g/mol. The van der Waals surface area contributed by atoms with Crippen molar-refractivity contribution in [3.63, 3.8) is 0 Å². The van der Waals surface area contributed by atoms with Gasteiger partial charge in [0.1, 0.15) is 17.5 Å². The molecule has 0 radical (unpaired) electrons. The molecule has 0 aliphatic carbocycles. The number of aromatic nitrogens is 2. The van der Waals surface area contributed by atoms with Gasteiger partial charge in [0.25, 0.3) is 0 Å². The molecule has 0 aliphatic heterocycles. The Hall–Kier alpha value is -1.69. The average Bonchev–Trinajstić information content (AvgIpc) is 2.47. The van der Waals surface area contributed by atoms with Crippen molar-refractivity contribution in [2.24, 2.45) is 0 Å². The molecule has 6 heteroatoms. The fourth-order valence-electron chi connectivity index (χ4n) is 1.80. The molecule has 0 saturated carbocycles. The number of nitrogens with zero attached hydrogens (tertiary/aromatic N) is 2. The fourth-order valence-corrected chi connectivity index (χ4v) is 1.99. The van der Waals surface area contributed by atoms with Gasteiger partial charge in [-0.3, -0.25) is 0 Å². The quantitative estimate of drug-likeness (QED) is 0.797. The van der Waals surface area contributed by atoms with Gasteiger partial charge in [-0.2, -0.15) is 4.98 Å². The van der Waals surface area contributed by atoms with Crippen molar-refractivity contribution < 1.29 is 14.6 Å². The maximum absolute atomic E-state index is 9.08. The van der Waals surface area contributed by atoms with Gasteiger partial charge in [0.15, 0.2) is 5.82 Å². The third-order valence-electron chi connectivity index (χ3n) is 2.72. The molecule has 2 aromatic rings. The highest BCUT2D eigenvalue weighted by Gasteiger charge is 2.08. The van der Waals surface area contributed by atoms with Crippen LogP contribution in [0, 0.1) is 0 Å². The van der Waals surface area contributed by atoms with Crippen LogP contribution >= 0.6 is 11.6 Å². The average molecular weight is 309 g/mol. The summed E-state index contributed by atoms with van der Waals surface area (Å²) in [6.07, 6.45) is 0.515. The lowest BCUT2D eigenvalue weighted by molar-refractivity contribution is 0.128. The molecule has 21 heavy (non-hydrogen) atoms. The van der Waals surface area contributed by atoms with Crippen LogP contribution in [0.25, 0.3) is 0 Å². The van der Waals surface area contributed by atoms with Gasteiger partial charge in [-0.15, -0.1) is 0 Å². The maximum atomic E-state index is 9.08. The van der Waals surface area contributed by atoms with Crippen LogP contribution < -0.4 is 4.74 Å². The van der Waals surface area contributed by atoms with Crippen LogP contribution in [0.1, 0.15) is 18.3 Å². The second-order valence-electron chi connectivity index (χ2n) is 4.27. The zero-order valence-corrected chi connectivity index (χ0v) is 12.5. The smallest absolute Gasteiger partial charge is 0.224 e. The number of ether oxygens (including phenoxy) is 2. The first kappa shape index (κ1) is 15.7. The van der Waals surface area contributed by atoms with Crippen LogP contribution in [0.2, 0.25) is 5.15 Å². The van der Waals surface area contributed by atoms with E-state index in [1.165, 1.54) is 0 Å². The van der Waals surface area contributed by atoms with E-state index >= 15 is 0 Å². The van der Waals surface area contributed by atoms with E-state index < -0.39 is 0 Å². The number of para-hydroxylation sites is 1. The van der Waals surface area contributed by atoms with Gasteiger partial charge in [0.05, 0.1) is 0 Å². The van der Waals surface area contributed by atoms with Crippen molar-refractivity contribution in [1.82, 2.24) is 9.97 Å². The molecule has 2 rings (SSSR count). The largest absolute Gasteiger partial charge is 0.439 e. The molecule has 0 unspecified atom stereocenters. The summed E-state index contributed by atoms with van der Waals surface area (Å²) in [4.78, 5) is 8.34. The zero-order valence-electron chi connectivity index (χ0n) is 11.8. The van der Waals surface area contributed by atoms with Crippen molar-refractivity contribution in [1.29, 1.82) is 0 Å². The molecule has 0 aliphatic rings. The van der Waals surface area contributed by atoms with Crippen molar-refractivity contribution in [2.75, 3.05) is 13.2 Å². The molecule has 0 fully saturated rings. The summed E-state index contributed by atoms with van der Waals surface area (Å²) in [5.41, 5.74) is 0.904. The Labute approximate surface area is 128 Å². The van der Waals surface area contributed by atoms with E-state index in [0.29, 0.717) is 35.6 Å². The lowest BCUT2D eigenvalue weighted by Gasteiger charge is -2.10. The third kappa shape index (κ3) is 4.67. The number of benzene rings is 1. The Kier molecular flexibility index (Phi) is 5.92. The Bertz CT molecular complexity index is 593. The molecule has 112 valence electrons. The van der Waals surface area contributed by atoms with Gasteiger partial charge >= 0.3 is 0 Å². The van der Waals surface area contributed by atoms with Crippen LogP contribution in [-0.4, -0.2) is 28.3 Å². The molecule has 0 saturated heterocycles. The summed E-state index contributed by atoms with van der Waals surface area (Å²) in [7, 11) is 0. The molecule has 1 heterocycles. The Morgan fingerprint density at radius 2 is 2.05 bits per heavy atom. The van der Waals surface area contributed by atoms with Gasteiger partial charge in [-0.25, -0.2) is 4.98 Å². The highest BCUT2D eigenvalue weighted by atomic mass is 35.5. The minimum Gasteiger partial charge on any atom is -0.439 e. The summed E-state index contributed by atoms with van der Waals surface area (Å²) in [6, 6.07) is 9.02. The number of aliphatic hydroxyl groups is 1. The minimum atomic E-state index is 0.0560. The van der Waals surface area contributed by atoms with Crippen LogP contribution in [-0.2, 0) is 17.8 Å². The normalized spacial score (nSPS) is 10.6. The summed E-state index contributed by atoms with van der Waals surface area (Å²) < 4.78 is 11.0. The molecule has 1 N–H and O–H groups in total. The van der Waals surface area contributed by atoms with Gasteiger partial charge < -0.3 is 14.6 Å². The SMILES string of the molecule is CCOCc1nc(Cl)cc(Oc2ccccc2CCO)n1. The number of hydrogen-bond acceptors (Lipinski definition) is 5. The van der Waals surface area contributed by atoms with Crippen LogP contribution in [0.5, 0.6) is 11.6 Å². The zero-order chi connectivity index (χ0) is 15.1. The van der Waals surface area contributed by atoms with Gasteiger partial charge in [0, 0.05) is 19.3 Å². The van der Waals surface area contributed by atoms with E-state index in [9.17, 15) is 0 Å². The van der Waals surface area contributed by atoms with Crippen LogP contribution in [0.3, 0.4) is 0 Å². The van der Waals surface area contributed by atoms with Gasteiger partial charge in [-0.05, 0) is 25.0 Å². The summed E-state index contributed by atoms with van der Waals surface area (Å²) >= 11 is 5.97. The minimum absolute atomic E-state index is 0.0560. The number of rotatable bonds is 7. The Morgan fingerprint density at radius 3 is 2.81 bits per heavy atom. The van der Waals surface area contributed by atoms with Crippen molar-refractivity contribution in [2.45, 2.75) is 20.0 Å². The maximum Gasteiger partial charge on any atom is 0.224 e. The second-order valence-corrected chi connectivity index (χ2v) is 4.65. The van der Waals surface area contributed by atoms with Crippen molar-refractivity contribution in [3.8, 4) is 11.6 Å². The first-order chi connectivity index (χ1) is 10.2. The van der Waals surface area contributed by atoms with E-state index in [-0.39, 0.29) is 13.2 Å². The van der Waals surface area contributed by atoms with E-state index in [2.05, 4.69) is 9.97 Å². The van der Waals surface area contributed by atoms with Crippen molar-refractivity contribution in [3.05, 3.63) is 46.9 Å². The van der Waals surface area contributed by atoms with Gasteiger partial charge in [-0.1, -0.05) is 29.8 Å². The van der Waals surface area contributed by atoms with Crippen LogP contribution in [0.15, 0.2) is 30.3 Å². The predicted molar refractivity (Wildman–Crippen MR) is 79.7 cm³/mol. The van der Waals surface area contributed by atoms with E-state index in [1.807, 2.05) is 31.2 Å². The molecule has 1 aromatic carbocycles. The lowest BCUT2D eigenvalue weighted by atomic mass is 10.1. The monoisotopic (exact) mass is 308 g/mol. The Balaban J connectivity index is 2.21. The number of halogens is 1. The first-order valence-electron chi connectivity index (χ1n) is 6.70. The third-order valence-corrected chi connectivity index (χ3v) is 2.91. The summed E-state index contributed by atoms with van der Waals surface area (Å²) in [6.45, 7) is 2.81. The molecule has 0 spiro atoms. The molecule has 0 atom stereocenters. The number of aliphatic hydroxyl groups excluding tert-OH is 1. The lowest BCUT2D eigenvalue weighted by Crippen LogP contribution is -2.02.